The topological polar surface area (TPSA) is 83.3 Å². The van der Waals surface area contributed by atoms with Crippen molar-refractivity contribution in [3.8, 4) is 11.6 Å². The third kappa shape index (κ3) is 2.14. The van der Waals surface area contributed by atoms with Gasteiger partial charge in [-0.1, -0.05) is 6.92 Å². The van der Waals surface area contributed by atoms with Gasteiger partial charge in [0.05, 0.1) is 0 Å². The molecule has 70 valence electrons. The van der Waals surface area contributed by atoms with E-state index < -0.39 is 5.88 Å². The first kappa shape index (κ1) is 9.44. The Labute approximate surface area is 75.0 Å². The van der Waals surface area contributed by atoms with Crippen LogP contribution in [0.4, 0.5) is 0 Å². The maximum atomic E-state index is 11.2. The summed E-state index contributed by atoms with van der Waals surface area (Å²) in [7, 11) is 0. The van der Waals surface area contributed by atoms with Gasteiger partial charge in [-0.25, -0.2) is 0 Å². The number of Topliss-reactive ketones (excluding diaryl/α,β-unsaturated/α-hetero) is 1. The van der Waals surface area contributed by atoms with Crippen LogP contribution in [0.1, 0.15) is 30.3 Å². The SMILES string of the molecule is CCCC(=O)c1nnc(O)cc1O. The van der Waals surface area contributed by atoms with Crippen LogP contribution in [-0.4, -0.2) is 26.2 Å². The molecule has 0 amide bonds. The fourth-order valence-electron chi connectivity index (χ4n) is 0.916. The van der Waals surface area contributed by atoms with Crippen LogP contribution in [0.25, 0.3) is 0 Å². The number of carbonyl (C=O) groups is 1. The summed E-state index contributed by atoms with van der Waals surface area (Å²) in [6.45, 7) is 1.85. The summed E-state index contributed by atoms with van der Waals surface area (Å²) in [6, 6.07) is 0.996. The summed E-state index contributed by atoms with van der Waals surface area (Å²) in [5, 5.41) is 24.7. The van der Waals surface area contributed by atoms with Crippen molar-refractivity contribution in [3.63, 3.8) is 0 Å². The summed E-state index contributed by atoms with van der Waals surface area (Å²) in [4.78, 5) is 11.2. The summed E-state index contributed by atoms with van der Waals surface area (Å²) < 4.78 is 0. The monoisotopic (exact) mass is 182 g/mol. The maximum Gasteiger partial charge on any atom is 0.234 e. The van der Waals surface area contributed by atoms with Gasteiger partial charge in [0.25, 0.3) is 0 Å². The van der Waals surface area contributed by atoms with Gasteiger partial charge < -0.3 is 10.2 Å². The van der Waals surface area contributed by atoms with Crippen LogP contribution in [-0.2, 0) is 0 Å². The van der Waals surface area contributed by atoms with Crippen molar-refractivity contribution in [2.45, 2.75) is 19.8 Å². The number of nitrogens with zero attached hydrogens (tertiary/aromatic N) is 2. The average Bonchev–Trinajstić information content (AvgIpc) is 2.04. The molecule has 0 aromatic carbocycles. The Bertz CT molecular complexity index is 325. The summed E-state index contributed by atoms with van der Waals surface area (Å²) >= 11 is 0. The first-order chi connectivity index (χ1) is 6.15. The lowest BCUT2D eigenvalue weighted by molar-refractivity contribution is 0.0972. The van der Waals surface area contributed by atoms with E-state index in [0.29, 0.717) is 12.8 Å². The van der Waals surface area contributed by atoms with Crippen molar-refractivity contribution in [1.29, 1.82) is 0 Å². The molecule has 0 unspecified atom stereocenters. The lowest BCUT2D eigenvalue weighted by Gasteiger charge is -1.99. The van der Waals surface area contributed by atoms with Gasteiger partial charge in [-0.05, 0) is 6.42 Å². The minimum Gasteiger partial charge on any atom is -0.505 e. The molecule has 1 rings (SSSR count). The summed E-state index contributed by atoms with van der Waals surface area (Å²) in [6.07, 6.45) is 0.994. The van der Waals surface area contributed by atoms with Crippen molar-refractivity contribution in [2.75, 3.05) is 0 Å². The Morgan fingerprint density at radius 1 is 1.46 bits per heavy atom. The molecule has 1 heterocycles. The van der Waals surface area contributed by atoms with E-state index in [4.69, 9.17) is 5.11 Å². The summed E-state index contributed by atoms with van der Waals surface area (Å²) in [5.41, 5.74) is -0.0837. The van der Waals surface area contributed by atoms with Crippen molar-refractivity contribution in [3.05, 3.63) is 11.8 Å². The molecule has 5 nitrogen and oxygen atoms in total. The number of aromatic nitrogens is 2. The molecule has 0 saturated heterocycles. The highest BCUT2D eigenvalue weighted by atomic mass is 16.3. The number of aromatic hydroxyl groups is 2. The Kier molecular flexibility index (Phi) is 2.79. The van der Waals surface area contributed by atoms with Crippen molar-refractivity contribution in [1.82, 2.24) is 10.2 Å². The quantitative estimate of drug-likeness (QED) is 0.677. The average molecular weight is 182 g/mol. The molecule has 0 fully saturated rings. The maximum absolute atomic E-state index is 11.2. The highest BCUT2D eigenvalue weighted by molar-refractivity contribution is 5.96. The molecule has 2 N–H and O–H groups in total. The summed E-state index contributed by atoms with van der Waals surface area (Å²) in [5.74, 6) is -0.996. The zero-order valence-electron chi connectivity index (χ0n) is 7.19. The second kappa shape index (κ2) is 3.84. The van der Waals surface area contributed by atoms with E-state index in [1.54, 1.807) is 0 Å². The molecule has 0 spiro atoms. The molecule has 0 bridgehead atoms. The Morgan fingerprint density at radius 2 is 2.15 bits per heavy atom. The predicted octanol–water partition coefficient (Wildman–Crippen LogP) is 0.871. The fourth-order valence-corrected chi connectivity index (χ4v) is 0.916. The second-order valence-corrected chi connectivity index (χ2v) is 2.61. The van der Waals surface area contributed by atoms with Crippen LogP contribution < -0.4 is 0 Å². The number of ketones is 1. The lowest BCUT2D eigenvalue weighted by Crippen LogP contribution is -2.03. The van der Waals surface area contributed by atoms with E-state index in [2.05, 4.69) is 10.2 Å². The lowest BCUT2D eigenvalue weighted by atomic mass is 10.1. The first-order valence-corrected chi connectivity index (χ1v) is 3.94. The molecule has 1 aromatic heterocycles. The molecule has 0 saturated carbocycles. The van der Waals surface area contributed by atoms with Gasteiger partial charge in [-0.2, -0.15) is 0 Å². The molecule has 5 heteroatoms. The van der Waals surface area contributed by atoms with Crippen molar-refractivity contribution >= 4 is 5.78 Å². The van der Waals surface area contributed by atoms with Crippen LogP contribution in [0, 0.1) is 0 Å². The third-order valence-corrected chi connectivity index (χ3v) is 1.50. The Morgan fingerprint density at radius 3 is 2.69 bits per heavy atom. The van der Waals surface area contributed by atoms with E-state index in [0.717, 1.165) is 6.07 Å². The minimum absolute atomic E-state index is 0.0837. The molecule has 0 aliphatic carbocycles. The van der Waals surface area contributed by atoms with Gasteiger partial charge in [0.15, 0.2) is 17.2 Å². The van der Waals surface area contributed by atoms with Crippen LogP contribution in [0.3, 0.4) is 0 Å². The number of carbonyl (C=O) groups excluding carboxylic acids is 1. The van der Waals surface area contributed by atoms with Crippen LogP contribution >= 0.6 is 0 Å². The molecule has 1 aromatic rings. The fraction of sp³-hybridized carbons (Fsp3) is 0.375. The van der Waals surface area contributed by atoms with Gasteiger partial charge in [-0.15, -0.1) is 10.2 Å². The smallest absolute Gasteiger partial charge is 0.234 e. The van der Waals surface area contributed by atoms with E-state index in [-0.39, 0.29) is 17.2 Å². The zero-order chi connectivity index (χ0) is 9.84. The molecule has 0 radical (unpaired) electrons. The third-order valence-electron chi connectivity index (χ3n) is 1.50. The van der Waals surface area contributed by atoms with Gasteiger partial charge in [0.2, 0.25) is 5.88 Å². The van der Waals surface area contributed by atoms with Gasteiger partial charge >= 0.3 is 0 Å². The minimum atomic E-state index is -0.398. The van der Waals surface area contributed by atoms with Crippen molar-refractivity contribution in [2.24, 2.45) is 0 Å². The molecule has 0 aliphatic rings. The molecular weight excluding hydrogens is 172 g/mol. The van der Waals surface area contributed by atoms with Crippen LogP contribution in [0.2, 0.25) is 0 Å². The highest BCUT2D eigenvalue weighted by Crippen LogP contribution is 2.18. The normalized spacial score (nSPS) is 9.92. The molecule has 13 heavy (non-hydrogen) atoms. The van der Waals surface area contributed by atoms with Crippen molar-refractivity contribution < 1.29 is 15.0 Å². The predicted molar refractivity (Wildman–Crippen MR) is 44.6 cm³/mol. The number of hydrogen-bond donors (Lipinski definition) is 2. The zero-order valence-corrected chi connectivity index (χ0v) is 7.19. The van der Waals surface area contributed by atoms with E-state index in [1.807, 2.05) is 6.92 Å². The highest BCUT2D eigenvalue weighted by Gasteiger charge is 2.13. The van der Waals surface area contributed by atoms with Crippen LogP contribution in [0.5, 0.6) is 11.6 Å². The molecule has 0 atom stereocenters. The van der Waals surface area contributed by atoms with E-state index >= 15 is 0 Å². The molecule has 0 aliphatic heterocycles. The number of rotatable bonds is 3. The van der Waals surface area contributed by atoms with Gasteiger partial charge in [0.1, 0.15) is 0 Å². The largest absolute Gasteiger partial charge is 0.505 e. The Balaban J connectivity index is 2.95. The van der Waals surface area contributed by atoms with E-state index in [1.165, 1.54) is 0 Å². The van der Waals surface area contributed by atoms with E-state index in [9.17, 15) is 9.90 Å². The van der Waals surface area contributed by atoms with Crippen LogP contribution in [0.15, 0.2) is 6.07 Å². The van der Waals surface area contributed by atoms with Gasteiger partial charge in [-0.3, -0.25) is 4.79 Å². The van der Waals surface area contributed by atoms with Gasteiger partial charge in [0, 0.05) is 12.5 Å². The second-order valence-electron chi connectivity index (χ2n) is 2.61. The Hall–Kier alpha value is -1.65. The molecular formula is C8H10N2O3. The first-order valence-electron chi connectivity index (χ1n) is 3.94. The number of hydrogen-bond acceptors (Lipinski definition) is 5. The standard InChI is InChI=1S/C8H10N2O3/c1-2-3-5(11)8-6(12)4-7(13)9-10-8/h4H,2-3H2,1H3,(H2,9,12,13).